The van der Waals surface area contributed by atoms with Crippen LogP contribution in [0.15, 0.2) is 24.3 Å². The van der Waals surface area contributed by atoms with Crippen molar-refractivity contribution < 1.29 is 4.74 Å². The maximum Gasteiger partial charge on any atom is 0.119 e. The van der Waals surface area contributed by atoms with Crippen LogP contribution >= 0.6 is 0 Å². The van der Waals surface area contributed by atoms with E-state index in [1.807, 2.05) is 19.1 Å². The number of ether oxygens (including phenoxy) is 1. The van der Waals surface area contributed by atoms with Crippen molar-refractivity contribution in [2.24, 2.45) is 0 Å². The predicted molar refractivity (Wildman–Crippen MR) is 72.6 cm³/mol. The van der Waals surface area contributed by atoms with E-state index in [-0.39, 0.29) is 0 Å². The molecule has 1 aromatic rings. The lowest BCUT2D eigenvalue weighted by Gasteiger charge is -2.16. The van der Waals surface area contributed by atoms with E-state index < -0.39 is 0 Å². The molecule has 0 aromatic heterocycles. The molecular weight excluding hydrogens is 212 g/mol. The molecule has 1 atom stereocenters. The lowest BCUT2D eigenvalue weighted by Crippen LogP contribution is -2.28. The highest BCUT2D eigenvalue weighted by atomic mass is 16.5. The summed E-state index contributed by atoms with van der Waals surface area (Å²) in [6.45, 7) is 6.96. The first kappa shape index (κ1) is 14.0. The van der Waals surface area contributed by atoms with E-state index in [0.717, 1.165) is 25.4 Å². The standard InChI is InChI=1S/C14H24N2O/c1-5-17-14-8-6-13(7-9-14)12(2)15-10-11-16(3)4/h6-9,12,15H,5,10-11H2,1-4H3. The van der Waals surface area contributed by atoms with E-state index in [1.165, 1.54) is 5.56 Å². The van der Waals surface area contributed by atoms with Crippen molar-refractivity contribution in [1.29, 1.82) is 0 Å². The van der Waals surface area contributed by atoms with Crippen LogP contribution in [0.5, 0.6) is 5.75 Å². The van der Waals surface area contributed by atoms with Gasteiger partial charge in [-0.1, -0.05) is 12.1 Å². The van der Waals surface area contributed by atoms with E-state index in [1.54, 1.807) is 0 Å². The molecule has 0 aliphatic carbocycles. The summed E-state index contributed by atoms with van der Waals surface area (Å²) in [7, 11) is 4.17. The zero-order valence-electron chi connectivity index (χ0n) is 11.4. The van der Waals surface area contributed by atoms with E-state index in [0.29, 0.717) is 6.04 Å². The topological polar surface area (TPSA) is 24.5 Å². The first-order valence-electron chi connectivity index (χ1n) is 6.24. The monoisotopic (exact) mass is 236 g/mol. The normalized spacial score (nSPS) is 12.8. The molecule has 0 spiro atoms. The van der Waals surface area contributed by atoms with Gasteiger partial charge >= 0.3 is 0 Å². The summed E-state index contributed by atoms with van der Waals surface area (Å²) in [5.74, 6) is 0.941. The van der Waals surface area contributed by atoms with Gasteiger partial charge in [-0.15, -0.1) is 0 Å². The average Bonchev–Trinajstić information content (AvgIpc) is 2.30. The van der Waals surface area contributed by atoms with Crippen LogP contribution in [-0.2, 0) is 0 Å². The van der Waals surface area contributed by atoms with Crippen molar-refractivity contribution in [2.75, 3.05) is 33.8 Å². The van der Waals surface area contributed by atoms with Crippen molar-refractivity contribution in [1.82, 2.24) is 10.2 Å². The van der Waals surface area contributed by atoms with Gasteiger partial charge in [0.1, 0.15) is 5.75 Å². The van der Waals surface area contributed by atoms with Crippen LogP contribution in [0.1, 0.15) is 25.5 Å². The third-order valence-corrected chi connectivity index (χ3v) is 2.70. The highest BCUT2D eigenvalue weighted by Crippen LogP contribution is 2.17. The number of likely N-dealkylation sites (N-methyl/N-ethyl adjacent to an activating group) is 1. The van der Waals surface area contributed by atoms with Crippen LogP contribution in [0.4, 0.5) is 0 Å². The zero-order chi connectivity index (χ0) is 12.7. The number of benzene rings is 1. The molecule has 1 N–H and O–H groups in total. The number of nitrogens with one attached hydrogen (secondary N) is 1. The second-order valence-electron chi connectivity index (χ2n) is 4.48. The van der Waals surface area contributed by atoms with Gasteiger partial charge in [0.15, 0.2) is 0 Å². The molecule has 0 radical (unpaired) electrons. The van der Waals surface area contributed by atoms with E-state index in [9.17, 15) is 0 Å². The van der Waals surface area contributed by atoms with Crippen LogP contribution in [0.3, 0.4) is 0 Å². The van der Waals surface area contributed by atoms with Gasteiger partial charge in [0.05, 0.1) is 6.61 Å². The summed E-state index contributed by atoms with van der Waals surface area (Å²) in [6.07, 6.45) is 0. The Bertz CT molecular complexity index is 309. The van der Waals surface area contributed by atoms with Crippen molar-refractivity contribution >= 4 is 0 Å². The minimum Gasteiger partial charge on any atom is -0.494 e. The first-order chi connectivity index (χ1) is 8.13. The van der Waals surface area contributed by atoms with Crippen molar-refractivity contribution in [2.45, 2.75) is 19.9 Å². The molecule has 0 aliphatic heterocycles. The maximum atomic E-state index is 5.43. The fraction of sp³-hybridized carbons (Fsp3) is 0.571. The SMILES string of the molecule is CCOc1ccc(C(C)NCCN(C)C)cc1. The largest absolute Gasteiger partial charge is 0.494 e. The molecule has 0 fully saturated rings. The molecule has 1 unspecified atom stereocenters. The molecule has 0 heterocycles. The van der Waals surface area contributed by atoms with Gasteiger partial charge < -0.3 is 15.0 Å². The summed E-state index contributed by atoms with van der Waals surface area (Å²) in [6, 6.07) is 8.69. The van der Waals surface area contributed by atoms with E-state index in [4.69, 9.17) is 4.74 Å². The molecule has 3 heteroatoms. The Morgan fingerprint density at radius 3 is 2.41 bits per heavy atom. The fourth-order valence-electron chi connectivity index (χ4n) is 1.64. The molecule has 96 valence electrons. The molecule has 0 bridgehead atoms. The highest BCUT2D eigenvalue weighted by molar-refractivity contribution is 5.28. The Labute approximate surface area is 105 Å². The molecule has 0 saturated heterocycles. The number of rotatable bonds is 7. The predicted octanol–water partition coefficient (Wildman–Crippen LogP) is 2.30. The highest BCUT2D eigenvalue weighted by Gasteiger charge is 2.04. The number of nitrogens with zero attached hydrogens (tertiary/aromatic N) is 1. The Kier molecular flexibility index (Phi) is 6.01. The van der Waals surface area contributed by atoms with E-state index >= 15 is 0 Å². The quantitative estimate of drug-likeness (QED) is 0.786. The van der Waals surface area contributed by atoms with Crippen molar-refractivity contribution in [3.05, 3.63) is 29.8 Å². The lowest BCUT2D eigenvalue weighted by molar-refractivity contribution is 0.340. The second-order valence-corrected chi connectivity index (χ2v) is 4.48. The van der Waals surface area contributed by atoms with Crippen LogP contribution < -0.4 is 10.1 Å². The molecule has 17 heavy (non-hydrogen) atoms. The Morgan fingerprint density at radius 2 is 1.88 bits per heavy atom. The summed E-state index contributed by atoms with van der Waals surface area (Å²) < 4.78 is 5.43. The molecule has 0 amide bonds. The smallest absolute Gasteiger partial charge is 0.119 e. The average molecular weight is 236 g/mol. The van der Waals surface area contributed by atoms with Gasteiger partial charge in [0, 0.05) is 19.1 Å². The summed E-state index contributed by atoms with van der Waals surface area (Å²) in [5, 5.41) is 3.50. The van der Waals surface area contributed by atoms with Gasteiger partial charge in [0.25, 0.3) is 0 Å². The van der Waals surface area contributed by atoms with Crippen molar-refractivity contribution in [3.63, 3.8) is 0 Å². The third-order valence-electron chi connectivity index (χ3n) is 2.70. The van der Waals surface area contributed by atoms with Crippen LogP contribution in [-0.4, -0.2) is 38.7 Å². The Balaban J connectivity index is 2.43. The first-order valence-corrected chi connectivity index (χ1v) is 6.24. The Hall–Kier alpha value is -1.06. The van der Waals surface area contributed by atoms with Gasteiger partial charge in [-0.05, 0) is 45.6 Å². The third kappa shape index (κ3) is 5.20. The van der Waals surface area contributed by atoms with Gasteiger partial charge in [-0.25, -0.2) is 0 Å². The van der Waals surface area contributed by atoms with Gasteiger partial charge in [-0.3, -0.25) is 0 Å². The molecule has 1 aromatic carbocycles. The maximum absolute atomic E-state index is 5.43. The number of hydrogen-bond donors (Lipinski definition) is 1. The zero-order valence-corrected chi connectivity index (χ0v) is 11.4. The number of hydrogen-bond acceptors (Lipinski definition) is 3. The minimum absolute atomic E-state index is 0.380. The van der Waals surface area contributed by atoms with Crippen LogP contribution in [0.25, 0.3) is 0 Å². The Morgan fingerprint density at radius 1 is 1.24 bits per heavy atom. The molecule has 3 nitrogen and oxygen atoms in total. The summed E-state index contributed by atoms with van der Waals surface area (Å²) in [4.78, 5) is 2.18. The van der Waals surface area contributed by atoms with Gasteiger partial charge in [-0.2, -0.15) is 0 Å². The summed E-state index contributed by atoms with van der Waals surface area (Å²) in [5.41, 5.74) is 1.30. The molecule has 1 rings (SSSR count). The van der Waals surface area contributed by atoms with E-state index in [2.05, 4.69) is 43.4 Å². The minimum atomic E-state index is 0.380. The fourth-order valence-corrected chi connectivity index (χ4v) is 1.64. The molecule has 0 saturated carbocycles. The van der Waals surface area contributed by atoms with Crippen molar-refractivity contribution in [3.8, 4) is 5.75 Å². The van der Waals surface area contributed by atoms with Crippen LogP contribution in [0, 0.1) is 0 Å². The summed E-state index contributed by atoms with van der Waals surface area (Å²) >= 11 is 0. The van der Waals surface area contributed by atoms with Gasteiger partial charge in [0.2, 0.25) is 0 Å². The molecular formula is C14H24N2O. The van der Waals surface area contributed by atoms with Crippen LogP contribution in [0.2, 0.25) is 0 Å². The molecule has 0 aliphatic rings. The second kappa shape index (κ2) is 7.30. The lowest BCUT2D eigenvalue weighted by atomic mass is 10.1.